The van der Waals surface area contributed by atoms with Gasteiger partial charge in [0.1, 0.15) is 10.6 Å². The minimum absolute atomic E-state index is 0.0281. The third kappa shape index (κ3) is 4.74. The first kappa shape index (κ1) is 21.6. The first-order chi connectivity index (χ1) is 13.9. The van der Waals surface area contributed by atoms with Crippen LogP contribution in [0.25, 0.3) is 0 Å². The maximum Gasteiger partial charge on any atom is 0.259 e. The molecule has 1 N–H and O–H groups in total. The highest BCUT2D eigenvalue weighted by molar-refractivity contribution is 7.89. The molecule has 0 radical (unpaired) electrons. The summed E-state index contributed by atoms with van der Waals surface area (Å²) in [6.07, 6.45) is 3.25. The maximum atomic E-state index is 12.8. The van der Waals surface area contributed by atoms with Gasteiger partial charge in [-0.05, 0) is 49.6 Å². The van der Waals surface area contributed by atoms with Crippen LogP contribution in [0.2, 0.25) is 5.02 Å². The summed E-state index contributed by atoms with van der Waals surface area (Å²) >= 11 is 6.16. The Morgan fingerprint density at radius 2 is 1.86 bits per heavy atom. The van der Waals surface area contributed by atoms with Gasteiger partial charge in [-0.15, -0.1) is 0 Å². The maximum absolute atomic E-state index is 12.8. The van der Waals surface area contributed by atoms with Gasteiger partial charge < -0.3 is 10.1 Å². The number of anilines is 1. The zero-order chi connectivity index (χ0) is 21.0. The van der Waals surface area contributed by atoms with Gasteiger partial charge >= 0.3 is 0 Å². The molecule has 0 aromatic heterocycles. The number of carbonyl (C=O) groups excluding carboxylic acids is 1. The summed E-state index contributed by atoms with van der Waals surface area (Å²) in [5, 5.41) is 2.88. The van der Waals surface area contributed by atoms with Crippen LogP contribution in [0.5, 0.6) is 5.75 Å². The molecule has 0 aliphatic heterocycles. The van der Waals surface area contributed by atoms with Gasteiger partial charge in [-0.1, -0.05) is 37.6 Å². The van der Waals surface area contributed by atoms with E-state index in [4.69, 9.17) is 16.3 Å². The van der Waals surface area contributed by atoms with Crippen molar-refractivity contribution >= 4 is 33.2 Å². The van der Waals surface area contributed by atoms with Gasteiger partial charge in [-0.25, -0.2) is 8.42 Å². The fourth-order valence-electron chi connectivity index (χ4n) is 3.11. The summed E-state index contributed by atoms with van der Waals surface area (Å²) in [5.41, 5.74) is 0.756. The quantitative estimate of drug-likeness (QED) is 0.658. The van der Waals surface area contributed by atoms with E-state index in [9.17, 15) is 13.2 Å². The Hall–Kier alpha value is -2.09. The molecule has 0 heterocycles. The van der Waals surface area contributed by atoms with Crippen molar-refractivity contribution in [3.05, 3.63) is 53.1 Å². The summed E-state index contributed by atoms with van der Waals surface area (Å²) in [4.78, 5) is 12.8. The van der Waals surface area contributed by atoms with Crippen molar-refractivity contribution in [3.8, 4) is 5.75 Å². The molecule has 0 saturated heterocycles. The van der Waals surface area contributed by atoms with E-state index in [1.54, 1.807) is 38.1 Å². The number of hydrogen-bond donors (Lipinski definition) is 1. The minimum atomic E-state index is -3.75. The lowest BCUT2D eigenvalue weighted by Crippen LogP contribution is -2.31. The number of nitrogens with zero attached hydrogens (tertiary/aromatic N) is 1. The van der Waals surface area contributed by atoms with Crippen molar-refractivity contribution < 1.29 is 17.9 Å². The molecule has 29 heavy (non-hydrogen) atoms. The topological polar surface area (TPSA) is 75.7 Å². The molecule has 0 spiro atoms. The summed E-state index contributed by atoms with van der Waals surface area (Å²) in [6.45, 7) is 4.19. The Morgan fingerprint density at radius 3 is 2.48 bits per heavy atom. The zero-order valence-electron chi connectivity index (χ0n) is 16.5. The molecule has 0 atom stereocenters. The number of amides is 1. The van der Waals surface area contributed by atoms with Gasteiger partial charge in [-0.3, -0.25) is 4.79 Å². The van der Waals surface area contributed by atoms with E-state index in [1.165, 1.54) is 16.4 Å². The first-order valence-electron chi connectivity index (χ1n) is 9.73. The van der Waals surface area contributed by atoms with Crippen LogP contribution in [0.1, 0.15) is 43.5 Å². The van der Waals surface area contributed by atoms with Crippen LogP contribution >= 0.6 is 11.6 Å². The van der Waals surface area contributed by atoms with Crippen LogP contribution in [0.3, 0.4) is 0 Å². The number of rotatable bonds is 8. The average molecular weight is 437 g/mol. The highest BCUT2D eigenvalue weighted by Gasteiger charge is 2.26. The third-order valence-corrected chi connectivity index (χ3v) is 7.52. The largest absolute Gasteiger partial charge is 0.490 e. The van der Waals surface area contributed by atoms with E-state index < -0.39 is 10.0 Å². The molecule has 1 aliphatic rings. The van der Waals surface area contributed by atoms with Crippen molar-refractivity contribution in [3.63, 3.8) is 0 Å². The molecule has 156 valence electrons. The van der Waals surface area contributed by atoms with Crippen molar-refractivity contribution in [2.75, 3.05) is 18.4 Å². The summed E-state index contributed by atoms with van der Waals surface area (Å²) < 4.78 is 32.9. The van der Waals surface area contributed by atoms with E-state index >= 15 is 0 Å². The molecule has 1 amide bonds. The molecule has 2 aromatic rings. The van der Waals surface area contributed by atoms with E-state index in [-0.39, 0.29) is 21.9 Å². The number of sulfonamides is 1. The number of benzene rings is 2. The minimum Gasteiger partial charge on any atom is -0.490 e. The molecule has 1 fully saturated rings. The number of nitrogens with one attached hydrogen (secondary N) is 1. The standard InChI is InChI=1S/C21H25ClN2O4S/c1-3-24(4-2)29(26,27)20-14-15(12-13-18(20)22)23-21(25)17-10-5-6-11-19(17)28-16-8-7-9-16/h5-6,10-14,16H,3-4,7-9H2,1-2H3,(H,23,25). The fraction of sp³-hybridized carbons (Fsp3) is 0.381. The highest BCUT2D eigenvalue weighted by atomic mass is 35.5. The van der Waals surface area contributed by atoms with Gasteiger partial charge in [0.2, 0.25) is 10.0 Å². The first-order valence-corrected chi connectivity index (χ1v) is 11.5. The normalized spacial score (nSPS) is 14.5. The van der Waals surface area contributed by atoms with Crippen LogP contribution in [0.4, 0.5) is 5.69 Å². The van der Waals surface area contributed by atoms with E-state index in [0.29, 0.717) is 30.1 Å². The Balaban J connectivity index is 1.85. The van der Waals surface area contributed by atoms with Crippen LogP contribution in [-0.2, 0) is 10.0 Å². The predicted octanol–water partition coefficient (Wildman–Crippen LogP) is 4.55. The molecule has 0 unspecified atom stereocenters. The molecule has 8 heteroatoms. The Kier molecular flexibility index (Phi) is 6.82. The molecule has 0 bridgehead atoms. The second-order valence-electron chi connectivity index (χ2n) is 6.86. The van der Waals surface area contributed by atoms with Crippen molar-refractivity contribution in [1.29, 1.82) is 0 Å². The van der Waals surface area contributed by atoms with E-state index in [2.05, 4.69) is 5.32 Å². The van der Waals surface area contributed by atoms with E-state index in [0.717, 1.165) is 19.3 Å². The Morgan fingerprint density at radius 1 is 1.17 bits per heavy atom. The molecule has 1 saturated carbocycles. The third-order valence-electron chi connectivity index (χ3n) is 4.99. The van der Waals surface area contributed by atoms with Gasteiger partial charge in [0, 0.05) is 18.8 Å². The summed E-state index contributed by atoms with van der Waals surface area (Å²) in [6, 6.07) is 11.5. The smallest absolute Gasteiger partial charge is 0.259 e. The van der Waals surface area contributed by atoms with Gasteiger partial charge in [-0.2, -0.15) is 4.31 Å². The number of ether oxygens (including phenoxy) is 1. The number of halogens is 1. The SMILES string of the molecule is CCN(CC)S(=O)(=O)c1cc(NC(=O)c2ccccc2OC2CCC2)ccc1Cl. The highest BCUT2D eigenvalue weighted by Crippen LogP contribution is 2.30. The lowest BCUT2D eigenvalue weighted by atomic mass is 9.96. The molecule has 2 aromatic carbocycles. The number of hydrogen-bond acceptors (Lipinski definition) is 4. The monoisotopic (exact) mass is 436 g/mol. The Bertz CT molecular complexity index is 986. The van der Waals surface area contributed by atoms with Gasteiger partial charge in [0.25, 0.3) is 5.91 Å². The van der Waals surface area contributed by atoms with Gasteiger partial charge in [0.15, 0.2) is 0 Å². The molecule has 3 rings (SSSR count). The van der Waals surface area contributed by atoms with Gasteiger partial charge in [0.05, 0.1) is 16.7 Å². The molecule has 1 aliphatic carbocycles. The van der Waals surface area contributed by atoms with Crippen LogP contribution in [0.15, 0.2) is 47.4 Å². The zero-order valence-corrected chi connectivity index (χ0v) is 18.1. The predicted molar refractivity (Wildman–Crippen MR) is 114 cm³/mol. The fourth-order valence-corrected chi connectivity index (χ4v) is 5.06. The summed E-state index contributed by atoms with van der Waals surface area (Å²) in [5.74, 6) is 0.160. The number of carbonyl (C=O) groups is 1. The molecular weight excluding hydrogens is 412 g/mol. The molecular formula is C21H25ClN2O4S. The lowest BCUT2D eigenvalue weighted by molar-refractivity contribution is 0.0992. The average Bonchev–Trinajstić information content (AvgIpc) is 2.67. The van der Waals surface area contributed by atoms with Crippen LogP contribution in [-0.4, -0.2) is 37.8 Å². The van der Waals surface area contributed by atoms with Crippen molar-refractivity contribution in [1.82, 2.24) is 4.31 Å². The van der Waals surface area contributed by atoms with Crippen LogP contribution < -0.4 is 10.1 Å². The second-order valence-corrected chi connectivity index (χ2v) is 9.17. The molecule has 6 nitrogen and oxygen atoms in total. The summed E-state index contributed by atoms with van der Waals surface area (Å²) in [7, 11) is -3.75. The lowest BCUT2D eigenvalue weighted by Gasteiger charge is -2.27. The number of para-hydroxylation sites is 1. The van der Waals surface area contributed by atoms with E-state index in [1.807, 2.05) is 6.07 Å². The van der Waals surface area contributed by atoms with Crippen molar-refractivity contribution in [2.45, 2.75) is 44.1 Å². The van der Waals surface area contributed by atoms with Crippen LogP contribution in [0, 0.1) is 0 Å². The van der Waals surface area contributed by atoms with Crippen molar-refractivity contribution in [2.24, 2.45) is 0 Å². The Labute approximate surface area is 176 Å². The second kappa shape index (κ2) is 9.15.